The van der Waals surface area contributed by atoms with E-state index in [1.54, 1.807) is 0 Å². The first-order chi connectivity index (χ1) is 15.9. The van der Waals surface area contributed by atoms with E-state index in [9.17, 15) is 14.4 Å². The molecular formula is C25H30N2O6. The zero-order valence-corrected chi connectivity index (χ0v) is 18.9. The van der Waals surface area contributed by atoms with E-state index in [1.807, 2.05) is 31.2 Å². The second-order valence-electron chi connectivity index (χ2n) is 8.04. The number of ether oxygens (including phenoxy) is 2. The number of nitrogens with one attached hydrogen (secondary N) is 2. The molecule has 8 heteroatoms. The minimum Gasteiger partial charge on any atom is -0.481 e. The van der Waals surface area contributed by atoms with E-state index < -0.39 is 24.2 Å². The topological polar surface area (TPSA) is 114 Å². The number of carboxylic acid groups (broad SMARTS) is 1. The normalized spacial score (nSPS) is 14.0. The SMILES string of the molecule is CC[C@H](CC(=O)NCC(CC(=O)O)OC)NC(=O)OCC1c2ccccc2-c2ccccc21. The summed E-state index contributed by atoms with van der Waals surface area (Å²) in [6, 6.07) is 15.8. The van der Waals surface area contributed by atoms with Crippen LogP contribution in [-0.4, -0.2) is 55.5 Å². The molecule has 2 atom stereocenters. The molecule has 3 N–H and O–H groups in total. The predicted octanol–water partition coefficient (Wildman–Crippen LogP) is 3.30. The minimum absolute atomic E-state index is 0.0354. The molecule has 0 aromatic heterocycles. The molecule has 1 unspecified atom stereocenters. The zero-order valence-electron chi connectivity index (χ0n) is 18.9. The Kier molecular flexibility index (Phi) is 8.43. The molecule has 0 saturated heterocycles. The van der Waals surface area contributed by atoms with Gasteiger partial charge in [0, 0.05) is 32.0 Å². The summed E-state index contributed by atoms with van der Waals surface area (Å²) in [5.41, 5.74) is 4.57. The maximum Gasteiger partial charge on any atom is 0.407 e. The van der Waals surface area contributed by atoms with E-state index in [0.717, 1.165) is 22.3 Å². The Bertz CT molecular complexity index is 947. The molecule has 2 aromatic carbocycles. The number of hydrogen-bond donors (Lipinski definition) is 3. The fourth-order valence-electron chi connectivity index (χ4n) is 4.06. The third-order valence-corrected chi connectivity index (χ3v) is 5.85. The highest BCUT2D eigenvalue weighted by molar-refractivity contribution is 5.79. The summed E-state index contributed by atoms with van der Waals surface area (Å²) in [6.45, 7) is 2.15. The highest BCUT2D eigenvalue weighted by atomic mass is 16.5. The number of amides is 2. The average molecular weight is 455 g/mol. The summed E-state index contributed by atoms with van der Waals surface area (Å²) in [6.07, 6.45) is -0.782. The molecule has 0 saturated carbocycles. The van der Waals surface area contributed by atoms with Gasteiger partial charge in [-0.3, -0.25) is 9.59 Å². The van der Waals surface area contributed by atoms with Gasteiger partial charge in [0.1, 0.15) is 6.61 Å². The zero-order chi connectivity index (χ0) is 23.8. The third kappa shape index (κ3) is 6.32. The van der Waals surface area contributed by atoms with Gasteiger partial charge < -0.3 is 25.2 Å². The van der Waals surface area contributed by atoms with Gasteiger partial charge in [0.05, 0.1) is 12.5 Å². The predicted molar refractivity (Wildman–Crippen MR) is 123 cm³/mol. The molecule has 8 nitrogen and oxygen atoms in total. The number of benzene rings is 2. The minimum atomic E-state index is -1.00. The highest BCUT2D eigenvalue weighted by Gasteiger charge is 2.29. The summed E-state index contributed by atoms with van der Waals surface area (Å²) < 4.78 is 10.6. The molecule has 0 fully saturated rings. The fourth-order valence-corrected chi connectivity index (χ4v) is 4.06. The largest absolute Gasteiger partial charge is 0.481 e. The Morgan fingerprint density at radius 1 is 1.00 bits per heavy atom. The van der Waals surface area contributed by atoms with Gasteiger partial charge in [-0.05, 0) is 28.7 Å². The lowest BCUT2D eigenvalue weighted by molar-refractivity contribution is -0.140. The Hall–Kier alpha value is -3.39. The van der Waals surface area contributed by atoms with Crippen molar-refractivity contribution in [3.8, 4) is 11.1 Å². The molecule has 1 aliphatic rings. The Morgan fingerprint density at radius 3 is 2.15 bits per heavy atom. The summed E-state index contributed by atoms with van der Waals surface area (Å²) >= 11 is 0. The highest BCUT2D eigenvalue weighted by Crippen LogP contribution is 2.44. The molecule has 0 spiro atoms. The van der Waals surface area contributed by atoms with Crippen molar-refractivity contribution in [2.75, 3.05) is 20.3 Å². The van der Waals surface area contributed by atoms with Crippen LogP contribution in [0.5, 0.6) is 0 Å². The fraction of sp³-hybridized carbons (Fsp3) is 0.400. The van der Waals surface area contributed by atoms with Gasteiger partial charge in [-0.1, -0.05) is 55.5 Å². The number of hydrogen-bond acceptors (Lipinski definition) is 5. The van der Waals surface area contributed by atoms with Crippen LogP contribution in [-0.2, 0) is 19.1 Å². The van der Waals surface area contributed by atoms with E-state index in [-0.39, 0.29) is 37.8 Å². The van der Waals surface area contributed by atoms with E-state index in [1.165, 1.54) is 7.11 Å². The van der Waals surface area contributed by atoms with Crippen LogP contribution in [0.4, 0.5) is 4.79 Å². The van der Waals surface area contributed by atoms with E-state index in [0.29, 0.717) is 6.42 Å². The molecule has 176 valence electrons. The molecule has 0 bridgehead atoms. The summed E-state index contributed by atoms with van der Waals surface area (Å²) in [5, 5.41) is 14.3. The van der Waals surface area contributed by atoms with E-state index in [2.05, 4.69) is 34.9 Å². The number of fused-ring (bicyclic) bond motifs is 3. The first-order valence-electron chi connectivity index (χ1n) is 11.1. The second kappa shape index (κ2) is 11.5. The second-order valence-corrected chi connectivity index (χ2v) is 8.04. The van der Waals surface area contributed by atoms with Gasteiger partial charge in [0.2, 0.25) is 5.91 Å². The number of carbonyl (C=O) groups excluding carboxylic acids is 2. The molecule has 33 heavy (non-hydrogen) atoms. The number of aliphatic carboxylic acids is 1. The monoisotopic (exact) mass is 454 g/mol. The van der Waals surface area contributed by atoms with E-state index in [4.69, 9.17) is 14.6 Å². The van der Waals surface area contributed by atoms with Crippen molar-refractivity contribution < 1.29 is 29.0 Å². The first-order valence-corrected chi connectivity index (χ1v) is 11.1. The maximum absolute atomic E-state index is 12.5. The third-order valence-electron chi connectivity index (χ3n) is 5.85. The van der Waals surface area contributed by atoms with Crippen molar-refractivity contribution in [3.63, 3.8) is 0 Å². The van der Waals surface area contributed by atoms with Gasteiger partial charge in [-0.15, -0.1) is 0 Å². The van der Waals surface area contributed by atoms with Gasteiger partial charge in [0.15, 0.2) is 0 Å². The molecular weight excluding hydrogens is 424 g/mol. The van der Waals surface area contributed by atoms with Gasteiger partial charge in [0.25, 0.3) is 0 Å². The van der Waals surface area contributed by atoms with Crippen molar-refractivity contribution in [1.29, 1.82) is 0 Å². The molecule has 2 aromatic rings. The number of alkyl carbamates (subject to hydrolysis) is 1. The number of carboxylic acids is 1. The van der Waals surface area contributed by atoms with Crippen LogP contribution in [0.2, 0.25) is 0 Å². The molecule has 0 radical (unpaired) electrons. The summed E-state index contributed by atoms with van der Waals surface area (Å²) in [5.74, 6) is -1.33. The smallest absolute Gasteiger partial charge is 0.407 e. The number of carbonyl (C=O) groups is 3. The summed E-state index contributed by atoms with van der Waals surface area (Å²) in [7, 11) is 1.40. The Morgan fingerprint density at radius 2 is 1.61 bits per heavy atom. The standard InChI is InChI=1S/C25H30N2O6/c1-3-16(12-23(28)26-14-17(32-2)13-24(29)30)27-25(31)33-15-22-20-10-6-4-8-18(20)19-9-5-7-11-21(19)22/h4-11,16-17,22H,3,12-15H2,1-2H3,(H,26,28)(H,27,31)(H,29,30)/t16-,17?/m1/s1. The van der Waals surface area contributed by atoms with Gasteiger partial charge in [-0.25, -0.2) is 4.79 Å². The van der Waals surface area contributed by atoms with Gasteiger partial charge >= 0.3 is 12.1 Å². The van der Waals surface area contributed by atoms with Crippen molar-refractivity contribution in [2.24, 2.45) is 0 Å². The van der Waals surface area contributed by atoms with Crippen molar-refractivity contribution in [1.82, 2.24) is 10.6 Å². The van der Waals surface area contributed by atoms with Crippen LogP contribution in [0.15, 0.2) is 48.5 Å². The average Bonchev–Trinajstić information content (AvgIpc) is 3.13. The van der Waals surface area contributed by atoms with E-state index >= 15 is 0 Å². The molecule has 3 rings (SSSR count). The first kappa shape index (κ1) is 24.3. The lowest BCUT2D eigenvalue weighted by atomic mass is 9.98. The molecule has 1 aliphatic carbocycles. The quantitative estimate of drug-likeness (QED) is 0.480. The van der Waals surface area contributed by atoms with Crippen LogP contribution < -0.4 is 10.6 Å². The van der Waals surface area contributed by atoms with Crippen LogP contribution in [0.1, 0.15) is 43.2 Å². The van der Waals surface area contributed by atoms with Crippen molar-refractivity contribution >= 4 is 18.0 Å². The van der Waals surface area contributed by atoms with Gasteiger partial charge in [-0.2, -0.15) is 0 Å². The molecule has 2 amide bonds. The summed E-state index contributed by atoms with van der Waals surface area (Å²) in [4.78, 5) is 35.5. The van der Waals surface area contributed by atoms with Crippen LogP contribution in [0.3, 0.4) is 0 Å². The Labute approximate surface area is 193 Å². The number of rotatable bonds is 11. The lowest BCUT2D eigenvalue weighted by Gasteiger charge is -2.19. The Balaban J connectivity index is 1.51. The van der Waals surface area contributed by atoms with Crippen LogP contribution >= 0.6 is 0 Å². The maximum atomic E-state index is 12.5. The van der Waals surface area contributed by atoms with Crippen molar-refractivity contribution in [3.05, 3.63) is 59.7 Å². The van der Waals surface area contributed by atoms with Crippen LogP contribution in [0, 0.1) is 0 Å². The van der Waals surface area contributed by atoms with Crippen LogP contribution in [0.25, 0.3) is 11.1 Å². The molecule has 0 heterocycles. The number of methoxy groups -OCH3 is 1. The lowest BCUT2D eigenvalue weighted by Crippen LogP contribution is -2.41. The molecule has 0 aliphatic heterocycles. The van der Waals surface area contributed by atoms with Crippen molar-refractivity contribution in [2.45, 2.75) is 44.2 Å².